The molecule has 1 atom stereocenters. The van der Waals surface area contributed by atoms with Crippen molar-refractivity contribution in [2.45, 2.75) is 39.3 Å². The number of hydrogen-bond acceptors (Lipinski definition) is 4. The third-order valence-corrected chi connectivity index (χ3v) is 5.94. The fourth-order valence-corrected chi connectivity index (χ4v) is 4.38. The van der Waals surface area contributed by atoms with Gasteiger partial charge in [-0.3, -0.25) is 9.89 Å². The van der Waals surface area contributed by atoms with Crippen molar-refractivity contribution in [2.75, 3.05) is 26.7 Å². The van der Waals surface area contributed by atoms with Crippen molar-refractivity contribution in [3.05, 3.63) is 51.5 Å². The van der Waals surface area contributed by atoms with Gasteiger partial charge in [0.05, 0.1) is 23.3 Å². The Balaban J connectivity index is 1.60. The van der Waals surface area contributed by atoms with Crippen LogP contribution in [0.1, 0.15) is 40.0 Å². The number of thiazole rings is 1. The van der Waals surface area contributed by atoms with Gasteiger partial charge < -0.3 is 10.6 Å². The molecule has 1 aromatic heterocycles. The molecule has 3 rings (SSSR count). The van der Waals surface area contributed by atoms with Crippen LogP contribution in [-0.4, -0.2) is 42.5 Å². The summed E-state index contributed by atoms with van der Waals surface area (Å²) in [6.07, 6.45) is 2.58. The Kier molecular flexibility index (Phi) is 6.63. The van der Waals surface area contributed by atoms with Crippen LogP contribution in [0.15, 0.2) is 35.3 Å². The topological polar surface area (TPSA) is 52.6 Å². The molecule has 2 aromatic rings. The lowest BCUT2D eigenvalue weighted by Gasteiger charge is -2.29. The van der Waals surface area contributed by atoms with E-state index >= 15 is 0 Å². The van der Waals surface area contributed by atoms with Gasteiger partial charge in [-0.25, -0.2) is 4.98 Å². The first-order valence-electron chi connectivity index (χ1n) is 9.34. The quantitative estimate of drug-likeness (QED) is 0.604. The van der Waals surface area contributed by atoms with E-state index in [-0.39, 0.29) is 0 Å². The van der Waals surface area contributed by atoms with Gasteiger partial charge >= 0.3 is 0 Å². The summed E-state index contributed by atoms with van der Waals surface area (Å²) in [5.41, 5.74) is 2.47. The lowest BCUT2D eigenvalue weighted by atomic mass is 10.1. The summed E-state index contributed by atoms with van der Waals surface area (Å²) in [7, 11) is 1.83. The van der Waals surface area contributed by atoms with Gasteiger partial charge in [0.25, 0.3) is 0 Å². The Hall–Kier alpha value is -1.92. The first kappa shape index (κ1) is 18.9. The van der Waals surface area contributed by atoms with Gasteiger partial charge in [0.2, 0.25) is 0 Å². The minimum Gasteiger partial charge on any atom is -0.354 e. The van der Waals surface area contributed by atoms with E-state index < -0.39 is 0 Å². The highest BCUT2D eigenvalue weighted by atomic mass is 32.1. The summed E-state index contributed by atoms with van der Waals surface area (Å²) in [4.78, 5) is 12.7. The molecule has 2 heterocycles. The molecular weight excluding hydrogens is 342 g/mol. The summed E-state index contributed by atoms with van der Waals surface area (Å²) in [6.45, 7) is 8.07. The lowest BCUT2D eigenvalue weighted by Crippen LogP contribution is -2.42. The highest BCUT2D eigenvalue weighted by Gasteiger charge is 2.23. The second-order valence-corrected chi connectivity index (χ2v) is 8.01. The number of benzene rings is 1. The number of hydrogen-bond donors (Lipinski definition) is 2. The van der Waals surface area contributed by atoms with Crippen molar-refractivity contribution in [1.29, 1.82) is 0 Å². The summed E-state index contributed by atoms with van der Waals surface area (Å²) < 4.78 is 0. The van der Waals surface area contributed by atoms with E-state index in [1.807, 2.05) is 7.05 Å². The van der Waals surface area contributed by atoms with Gasteiger partial charge in [-0.1, -0.05) is 30.3 Å². The number of nitrogens with one attached hydrogen (secondary N) is 2. The third-order valence-electron chi connectivity index (χ3n) is 4.87. The van der Waals surface area contributed by atoms with Gasteiger partial charge in [-0.15, -0.1) is 11.3 Å². The number of nitrogens with zero attached hydrogens (tertiary/aromatic N) is 3. The van der Waals surface area contributed by atoms with Crippen molar-refractivity contribution in [3.8, 4) is 0 Å². The smallest absolute Gasteiger partial charge is 0.191 e. The second kappa shape index (κ2) is 9.14. The molecule has 2 N–H and O–H groups in total. The Morgan fingerprint density at radius 3 is 2.54 bits per heavy atom. The first-order valence-corrected chi connectivity index (χ1v) is 10.2. The van der Waals surface area contributed by atoms with Crippen LogP contribution >= 0.6 is 11.3 Å². The van der Waals surface area contributed by atoms with Crippen LogP contribution in [-0.2, 0) is 6.54 Å². The number of aromatic nitrogens is 1. The summed E-state index contributed by atoms with van der Waals surface area (Å²) in [5, 5.41) is 8.06. The number of guanidine groups is 1. The van der Waals surface area contributed by atoms with Crippen LogP contribution < -0.4 is 10.6 Å². The standard InChI is InChI=1S/C20H29N5S/c1-15-19(26-16(2)24-15)14-23-20(21-3)22-13-18(25-11-7-8-12-25)17-9-5-4-6-10-17/h4-6,9-10,18H,7-8,11-14H2,1-3H3,(H2,21,22,23). The summed E-state index contributed by atoms with van der Waals surface area (Å²) >= 11 is 1.74. The molecule has 0 spiro atoms. The molecule has 26 heavy (non-hydrogen) atoms. The molecule has 1 fully saturated rings. The second-order valence-electron chi connectivity index (χ2n) is 6.72. The largest absolute Gasteiger partial charge is 0.354 e. The van der Waals surface area contributed by atoms with Gasteiger partial charge in [-0.2, -0.15) is 0 Å². The van der Waals surface area contributed by atoms with Crippen LogP contribution in [0.3, 0.4) is 0 Å². The van der Waals surface area contributed by atoms with Crippen LogP contribution in [0, 0.1) is 13.8 Å². The Morgan fingerprint density at radius 1 is 1.19 bits per heavy atom. The van der Waals surface area contributed by atoms with E-state index in [2.05, 4.69) is 69.7 Å². The average molecular weight is 372 g/mol. The number of aryl methyl sites for hydroxylation is 2. The minimum absolute atomic E-state index is 0.379. The van der Waals surface area contributed by atoms with E-state index in [1.54, 1.807) is 11.3 Å². The molecule has 0 saturated carbocycles. The fourth-order valence-electron chi connectivity index (χ4n) is 3.50. The molecule has 0 aliphatic carbocycles. The zero-order chi connectivity index (χ0) is 18.4. The monoisotopic (exact) mass is 371 g/mol. The average Bonchev–Trinajstić information content (AvgIpc) is 3.28. The van der Waals surface area contributed by atoms with Gasteiger partial charge in [-0.05, 0) is 45.3 Å². The zero-order valence-electron chi connectivity index (χ0n) is 16.0. The molecule has 5 nitrogen and oxygen atoms in total. The van der Waals surface area contributed by atoms with Crippen LogP contribution in [0.25, 0.3) is 0 Å². The number of aliphatic imine (C=N–C) groups is 1. The molecular formula is C20H29N5S. The molecule has 1 saturated heterocycles. The highest BCUT2D eigenvalue weighted by Crippen LogP contribution is 2.24. The first-order chi connectivity index (χ1) is 12.7. The van der Waals surface area contributed by atoms with Crippen molar-refractivity contribution in [2.24, 2.45) is 4.99 Å². The van der Waals surface area contributed by atoms with Crippen molar-refractivity contribution < 1.29 is 0 Å². The summed E-state index contributed by atoms with van der Waals surface area (Å²) in [6, 6.07) is 11.2. The normalized spacial score (nSPS) is 16.7. The SMILES string of the molecule is CN=C(NCc1sc(C)nc1C)NCC(c1ccccc1)N1CCCC1. The minimum atomic E-state index is 0.379. The highest BCUT2D eigenvalue weighted by molar-refractivity contribution is 7.11. The van der Waals surface area contributed by atoms with E-state index in [4.69, 9.17) is 0 Å². The van der Waals surface area contributed by atoms with E-state index in [9.17, 15) is 0 Å². The maximum Gasteiger partial charge on any atom is 0.191 e. The van der Waals surface area contributed by atoms with Gasteiger partial charge in [0, 0.05) is 18.5 Å². The van der Waals surface area contributed by atoms with E-state index in [0.29, 0.717) is 6.04 Å². The summed E-state index contributed by atoms with van der Waals surface area (Å²) in [5.74, 6) is 0.843. The third kappa shape index (κ3) is 4.83. The number of rotatable bonds is 6. The van der Waals surface area contributed by atoms with E-state index in [1.165, 1.54) is 36.4 Å². The molecule has 0 bridgehead atoms. The fraction of sp³-hybridized carbons (Fsp3) is 0.500. The van der Waals surface area contributed by atoms with Crippen molar-refractivity contribution in [1.82, 2.24) is 20.5 Å². The predicted molar refractivity (Wildman–Crippen MR) is 110 cm³/mol. The Labute approximate surface area is 160 Å². The molecule has 1 aliphatic heterocycles. The molecule has 0 radical (unpaired) electrons. The maximum atomic E-state index is 4.49. The molecule has 140 valence electrons. The molecule has 0 amide bonds. The van der Waals surface area contributed by atoms with Crippen LogP contribution in [0.2, 0.25) is 0 Å². The van der Waals surface area contributed by atoms with Crippen molar-refractivity contribution >= 4 is 17.3 Å². The lowest BCUT2D eigenvalue weighted by molar-refractivity contribution is 0.245. The molecule has 1 aliphatic rings. The Bertz CT molecular complexity index is 719. The molecule has 1 aromatic carbocycles. The van der Waals surface area contributed by atoms with Gasteiger partial charge in [0.1, 0.15) is 0 Å². The predicted octanol–water partition coefficient (Wildman–Crippen LogP) is 3.26. The van der Waals surface area contributed by atoms with Crippen LogP contribution in [0.4, 0.5) is 0 Å². The number of likely N-dealkylation sites (tertiary alicyclic amines) is 1. The molecule has 6 heteroatoms. The van der Waals surface area contributed by atoms with Crippen molar-refractivity contribution in [3.63, 3.8) is 0 Å². The Morgan fingerprint density at radius 2 is 1.92 bits per heavy atom. The maximum absolute atomic E-state index is 4.49. The molecule has 1 unspecified atom stereocenters. The van der Waals surface area contributed by atoms with Gasteiger partial charge in [0.15, 0.2) is 5.96 Å². The van der Waals surface area contributed by atoms with Crippen LogP contribution in [0.5, 0.6) is 0 Å². The zero-order valence-corrected chi connectivity index (χ0v) is 16.8. The van der Waals surface area contributed by atoms with E-state index in [0.717, 1.165) is 29.8 Å².